The van der Waals surface area contributed by atoms with Crippen LogP contribution in [0.2, 0.25) is 0 Å². The normalized spacial score (nSPS) is 14.2. The fourth-order valence-corrected chi connectivity index (χ4v) is 6.80. The molecule has 4 aromatic carbocycles. The van der Waals surface area contributed by atoms with Crippen molar-refractivity contribution < 1.29 is 28.2 Å². The minimum absolute atomic E-state index is 0.107. The number of aliphatic hydroxyl groups is 2. The second-order valence-corrected chi connectivity index (χ2v) is 13.6. The Morgan fingerprint density at radius 2 is 1.44 bits per heavy atom. The number of fused-ring (bicyclic) bond motifs is 1. The van der Waals surface area contributed by atoms with Crippen molar-refractivity contribution in [2.24, 2.45) is 0 Å². The van der Waals surface area contributed by atoms with Gasteiger partial charge >= 0.3 is 0 Å². The van der Waals surface area contributed by atoms with Crippen molar-refractivity contribution in [3.05, 3.63) is 114 Å². The Labute approximate surface area is 283 Å². The molecule has 1 aliphatic heterocycles. The maximum atomic E-state index is 13.5. The van der Waals surface area contributed by atoms with E-state index in [4.69, 9.17) is 10.2 Å². The first kappa shape index (κ1) is 36.7. The minimum Gasteiger partial charge on any atom is -0.395 e. The number of hydrogen-bond donors (Lipinski definition) is 5. The third-order valence-electron chi connectivity index (χ3n) is 8.11. The number of aryl methyl sites for hydroxylation is 1. The van der Waals surface area contributed by atoms with Crippen LogP contribution in [0.15, 0.2) is 102 Å². The van der Waals surface area contributed by atoms with Gasteiger partial charge in [0.2, 0.25) is 21.8 Å². The van der Waals surface area contributed by atoms with E-state index in [1.807, 2.05) is 73.7 Å². The molecule has 1 fully saturated rings. The fraction of sp³-hybridized carbons (Fsp3) is 0.351. The molecule has 11 heteroatoms. The number of aliphatic hydroxyl groups excluding tert-OH is 2. The van der Waals surface area contributed by atoms with Gasteiger partial charge in [-0.1, -0.05) is 90.5 Å². The van der Waals surface area contributed by atoms with Gasteiger partial charge in [-0.3, -0.25) is 9.59 Å². The first-order chi connectivity index (χ1) is 23.2. The molecule has 48 heavy (non-hydrogen) atoms. The van der Waals surface area contributed by atoms with E-state index in [0.29, 0.717) is 38.2 Å². The smallest absolute Gasteiger partial charge is 0.245 e. The van der Waals surface area contributed by atoms with Gasteiger partial charge in [0.25, 0.3) is 0 Å². The molecular formula is C37H46N4O6S. The number of amides is 2. The predicted molar refractivity (Wildman–Crippen MR) is 188 cm³/mol. The highest BCUT2D eigenvalue weighted by Crippen LogP contribution is 2.24. The van der Waals surface area contributed by atoms with Crippen molar-refractivity contribution >= 4 is 32.6 Å². The molecular weight excluding hydrogens is 628 g/mol. The number of benzene rings is 4. The van der Waals surface area contributed by atoms with E-state index in [9.17, 15) is 18.0 Å². The molecule has 5 N–H and O–H groups in total. The maximum absolute atomic E-state index is 13.5. The summed E-state index contributed by atoms with van der Waals surface area (Å²) >= 11 is 0. The number of carbonyl (C=O) groups is 2. The predicted octanol–water partition coefficient (Wildman–Crippen LogP) is 3.47. The lowest BCUT2D eigenvalue weighted by molar-refractivity contribution is -0.135. The number of likely N-dealkylation sites (tertiary alicyclic amines) is 1. The van der Waals surface area contributed by atoms with Crippen LogP contribution in [-0.4, -0.2) is 80.8 Å². The molecule has 4 aromatic rings. The number of nitrogens with zero attached hydrogens (tertiary/aromatic N) is 1. The Bertz CT molecular complexity index is 1710. The van der Waals surface area contributed by atoms with Crippen LogP contribution in [0.4, 0.5) is 0 Å². The van der Waals surface area contributed by atoms with Crippen LogP contribution >= 0.6 is 0 Å². The first-order valence-electron chi connectivity index (χ1n) is 16.3. The molecule has 0 aliphatic carbocycles. The van der Waals surface area contributed by atoms with Crippen molar-refractivity contribution in [3.8, 4) is 0 Å². The fourth-order valence-electron chi connectivity index (χ4n) is 5.54. The van der Waals surface area contributed by atoms with Crippen molar-refractivity contribution in [3.63, 3.8) is 0 Å². The van der Waals surface area contributed by atoms with Crippen LogP contribution in [0.5, 0.6) is 0 Å². The summed E-state index contributed by atoms with van der Waals surface area (Å²) < 4.78 is 29.8. The summed E-state index contributed by atoms with van der Waals surface area (Å²) in [4.78, 5) is 28.8. The lowest BCUT2D eigenvalue weighted by atomic mass is 10.0. The Balaban J connectivity index is 0.000000671. The maximum Gasteiger partial charge on any atom is 0.245 e. The van der Waals surface area contributed by atoms with E-state index in [0.717, 1.165) is 34.7 Å². The van der Waals surface area contributed by atoms with Gasteiger partial charge in [-0.05, 0) is 53.8 Å². The molecule has 0 aromatic heterocycles. The first-order valence-corrected chi connectivity index (χ1v) is 17.8. The summed E-state index contributed by atoms with van der Waals surface area (Å²) in [5, 5.41) is 23.8. The van der Waals surface area contributed by atoms with Crippen LogP contribution in [0.3, 0.4) is 0 Å². The van der Waals surface area contributed by atoms with Crippen molar-refractivity contribution in [2.75, 3.05) is 39.4 Å². The van der Waals surface area contributed by atoms with E-state index in [1.54, 1.807) is 35.2 Å². The van der Waals surface area contributed by atoms with Crippen molar-refractivity contribution in [1.82, 2.24) is 20.3 Å². The lowest BCUT2D eigenvalue weighted by Gasteiger charge is -2.25. The monoisotopic (exact) mass is 674 g/mol. The molecule has 10 nitrogen and oxygen atoms in total. The molecule has 1 aliphatic rings. The molecule has 2 atom stereocenters. The third-order valence-corrected chi connectivity index (χ3v) is 9.58. The van der Waals surface area contributed by atoms with E-state index < -0.39 is 28.0 Å². The van der Waals surface area contributed by atoms with E-state index in [1.165, 1.54) is 0 Å². The summed E-state index contributed by atoms with van der Waals surface area (Å²) in [6.07, 6.45) is 2.10. The third kappa shape index (κ3) is 11.0. The Morgan fingerprint density at radius 3 is 2.08 bits per heavy atom. The van der Waals surface area contributed by atoms with E-state index in [2.05, 4.69) is 15.4 Å². The summed E-state index contributed by atoms with van der Waals surface area (Å²) in [6.45, 7) is 4.77. The topological polar surface area (TPSA) is 148 Å². The second-order valence-electron chi connectivity index (χ2n) is 11.8. The molecule has 0 spiro atoms. The highest BCUT2D eigenvalue weighted by molar-refractivity contribution is 7.89. The zero-order valence-electron chi connectivity index (χ0n) is 27.3. The summed E-state index contributed by atoms with van der Waals surface area (Å²) in [6, 6.07) is 27.9. The van der Waals surface area contributed by atoms with Crippen molar-refractivity contribution in [1.29, 1.82) is 0 Å². The van der Waals surface area contributed by atoms with Crippen LogP contribution < -0.4 is 15.4 Å². The standard InChI is InChI=1S/C33H35N3O4S.C4H11NO2/c1-24-13-15-25(16-14-24)21-31(33(38)36-19-7-8-20-36)34-32(37)23-30(27-10-3-2-4-11-27)35-41(39,40)29-18-17-26-9-5-6-12-28(26)22-29;6-3-1-5-2-4-7/h2-6,9-18,22,30-31,35H,7-8,19-21,23H2,1H3,(H,34,37);5-7H,1-4H2. The van der Waals surface area contributed by atoms with Crippen LogP contribution in [0.25, 0.3) is 10.8 Å². The van der Waals surface area contributed by atoms with Gasteiger partial charge in [-0.25, -0.2) is 13.1 Å². The molecule has 1 heterocycles. The number of hydrogen-bond acceptors (Lipinski definition) is 7. The van der Waals surface area contributed by atoms with E-state index in [-0.39, 0.29) is 30.4 Å². The van der Waals surface area contributed by atoms with Crippen LogP contribution in [0, 0.1) is 6.92 Å². The van der Waals surface area contributed by atoms with Gasteiger partial charge in [-0.2, -0.15) is 0 Å². The molecule has 0 saturated carbocycles. The molecule has 0 bridgehead atoms. The van der Waals surface area contributed by atoms with Gasteiger partial charge in [0.15, 0.2) is 0 Å². The Morgan fingerprint density at radius 1 is 0.812 bits per heavy atom. The van der Waals surface area contributed by atoms with Gasteiger partial charge in [0.1, 0.15) is 6.04 Å². The molecule has 1 saturated heterocycles. The molecule has 256 valence electrons. The molecule has 2 amide bonds. The summed E-state index contributed by atoms with van der Waals surface area (Å²) in [5.74, 6) is -0.505. The second kappa shape index (κ2) is 18.4. The summed E-state index contributed by atoms with van der Waals surface area (Å²) in [7, 11) is -3.96. The number of nitrogens with one attached hydrogen (secondary N) is 3. The highest BCUT2D eigenvalue weighted by Gasteiger charge is 2.30. The van der Waals surface area contributed by atoms with E-state index >= 15 is 0 Å². The quantitative estimate of drug-likeness (QED) is 0.129. The lowest BCUT2D eigenvalue weighted by Crippen LogP contribution is -2.49. The summed E-state index contributed by atoms with van der Waals surface area (Å²) in [5.41, 5.74) is 2.72. The van der Waals surface area contributed by atoms with Crippen LogP contribution in [0.1, 0.15) is 42.0 Å². The zero-order chi connectivity index (χ0) is 34.4. The average molecular weight is 675 g/mol. The number of rotatable bonds is 14. The highest BCUT2D eigenvalue weighted by atomic mass is 32.2. The Kier molecular flexibility index (Phi) is 14.1. The SMILES string of the molecule is Cc1ccc(CC(NC(=O)CC(NS(=O)(=O)c2ccc3ccccc3c2)c2ccccc2)C(=O)N2CCCC2)cc1.OCCNCCO. The molecule has 2 unspecified atom stereocenters. The molecule has 5 rings (SSSR count). The average Bonchev–Trinajstić information content (AvgIpc) is 3.64. The zero-order valence-corrected chi connectivity index (χ0v) is 28.2. The van der Waals surface area contributed by atoms with Gasteiger partial charge in [-0.15, -0.1) is 0 Å². The van der Waals surface area contributed by atoms with Gasteiger partial charge in [0, 0.05) is 39.0 Å². The Hall–Kier alpha value is -4.13. The van der Waals surface area contributed by atoms with Crippen molar-refractivity contribution in [2.45, 2.75) is 49.6 Å². The van der Waals surface area contributed by atoms with Gasteiger partial charge < -0.3 is 25.7 Å². The van der Waals surface area contributed by atoms with Crippen LogP contribution in [-0.2, 0) is 26.0 Å². The van der Waals surface area contributed by atoms with Gasteiger partial charge in [0.05, 0.1) is 24.2 Å². The minimum atomic E-state index is -3.96. The molecule has 0 radical (unpaired) electrons. The number of sulfonamides is 1. The number of carbonyl (C=O) groups excluding carboxylic acids is 2. The largest absolute Gasteiger partial charge is 0.395 e.